The number of methoxy groups -OCH3 is 1. The number of hydrogen-bond donors (Lipinski definition) is 2. The third-order valence-electron chi connectivity index (χ3n) is 5.85. The van der Waals surface area contributed by atoms with Gasteiger partial charge in [0.2, 0.25) is 0 Å². The van der Waals surface area contributed by atoms with E-state index >= 15 is 0 Å². The lowest BCUT2D eigenvalue weighted by Crippen LogP contribution is -2.44. The molecule has 4 rings (SSSR count). The molecule has 174 valence electrons. The highest BCUT2D eigenvalue weighted by molar-refractivity contribution is 6.01. The van der Waals surface area contributed by atoms with Gasteiger partial charge in [0.1, 0.15) is 0 Å². The fourth-order valence-corrected chi connectivity index (χ4v) is 4.20. The van der Waals surface area contributed by atoms with Gasteiger partial charge in [-0.15, -0.1) is 0 Å². The van der Waals surface area contributed by atoms with Crippen LogP contribution in [0.4, 0.5) is 10.5 Å². The summed E-state index contributed by atoms with van der Waals surface area (Å²) in [6.07, 6.45) is 0. The topological polar surface area (TPSA) is 72.1 Å². The maximum Gasteiger partial charge on any atom is 0.319 e. The second kappa shape index (κ2) is 11.0. The molecule has 1 aliphatic heterocycles. The van der Waals surface area contributed by atoms with Crippen LogP contribution in [0.2, 0.25) is 0 Å². The lowest BCUT2D eigenvalue weighted by atomic mass is 10.0. The Morgan fingerprint density at radius 2 is 1.85 bits per heavy atom. The number of benzene rings is 3. The van der Waals surface area contributed by atoms with Gasteiger partial charge >= 0.3 is 6.03 Å². The minimum atomic E-state index is -0.234. The highest BCUT2D eigenvalue weighted by Gasteiger charge is 2.24. The molecule has 1 unspecified atom stereocenters. The molecular weight excluding hydrogens is 418 g/mol. The summed E-state index contributed by atoms with van der Waals surface area (Å²) < 4.78 is 16.8. The van der Waals surface area contributed by atoms with Gasteiger partial charge in [-0.05, 0) is 36.1 Å². The first kappa shape index (κ1) is 22.9. The Labute approximate surface area is 194 Å². The molecule has 3 aromatic rings. The number of urea groups is 1. The van der Waals surface area contributed by atoms with E-state index in [4.69, 9.17) is 14.2 Å². The molecule has 1 aliphatic rings. The lowest BCUT2D eigenvalue weighted by Gasteiger charge is -2.35. The lowest BCUT2D eigenvalue weighted by molar-refractivity contribution is 0.0167. The van der Waals surface area contributed by atoms with Gasteiger partial charge in [0, 0.05) is 25.0 Å². The Morgan fingerprint density at radius 3 is 2.64 bits per heavy atom. The van der Waals surface area contributed by atoms with E-state index in [-0.39, 0.29) is 12.1 Å². The number of morpholine rings is 1. The number of ether oxygens (including phenoxy) is 3. The minimum Gasteiger partial charge on any atom is -0.493 e. The Morgan fingerprint density at radius 1 is 1.06 bits per heavy atom. The molecule has 2 amide bonds. The van der Waals surface area contributed by atoms with Crippen molar-refractivity contribution in [2.75, 3.05) is 51.9 Å². The first-order chi connectivity index (χ1) is 16.2. The van der Waals surface area contributed by atoms with Gasteiger partial charge in [0.05, 0.1) is 38.7 Å². The van der Waals surface area contributed by atoms with Crippen molar-refractivity contribution in [3.8, 4) is 11.5 Å². The second-order valence-electron chi connectivity index (χ2n) is 7.87. The smallest absolute Gasteiger partial charge is 0.319 e. The second-order valence-corrected chi connectivity index (χ2v) is 7.87. The van der Waals surface area contributed by atoms with E-state index in [1.165, 1.54) is 0 Å². The van der Waals surface area contributed by atoms with Crippen LogP contribution >= 0.6 is 0 Å². The largest absolute Gasteiger partial charge is 0.493 e. The molecule has 2 N–H and O–H groups in total. The van der Waals surface area contributed by atoms with Crippen LogP contribution in [-0.4, -0.2) is 57.5 Å². The summed E-state index contributed by atoms with van der Waals surface area (Å²) in [5.74, 6) is 1.40. The molecule has 0 spiro atoms. The fraction of sp³-hybridized carbons (Fsp3) is 0.346. The molecule has 0 aliphatic carbocycles. The van der Waals surface area contributed by atoms with Crippen molar-refractivity contribution in [2.24, 2.45) is 0 Å². The van der Waals surface area contributed by atoms with Crippen LogP contribution in [0.1, 0.15) is 18.5 Å². The van der Waals surface area contributed by atoms with Gasteiger partial charge in [-0.2, -0.15) is 0 Å². The van der Waals surface area contributed by atoms with E-state index in [0.717, 1.165) is 35.1 Å². The Kier molecular flexibility index (Phi) is 7.65. The van der Waals surface area contributed by atoms with Gasteiger partial charge in [-0.1, -0.05) is 42.5 Å². The van der Waals surface area contributed by atoms with Crippen LogP contribution in [0.3, 0.4) is 0 Å². The Hall–Kier alpha value is -3.29. The van der Waals surface area contributed by atoms with Gasteiger partial charge in [0.15, 0.2) is 11.5 Å². The number of amides is 2. The van der Waals surface area contributed by atoms with Crippen molar-refractivity contribution in [2.45, 2.75) is 13.0 Å². The SMILES string of the molecule is CCOc1ccc(C(CNC(=O)Nc2cccc3ccccc23)N2CCOCC2)cc1OC. The van der Waals surface area contributed by atoms with Crippen molar-refractivity contribution >= 4 is 22.5 Å². The molecule has 1 saturated heterocycles. The van der Waals surface area contributed by atoms with Crippen molar-refractivity contribution in [1.29, 1.82) is 0 Å². The number of nitrogens with one attached hydrogen (secondary N) is 2. The summed E-state index contributed by atoms with van der Waals surface area (Å²) in [5.41, 5.74) is 1.85. The monoisotopic (exact) mass is 449 g/mol. The van der Waals surface area contributed by atoms with Crippen molar-refractivity contribution < 1.29 is 19.0 Å². The molecule has 0 aromatic heterocycles. The molecule has 3 aromatic carbocycles. The predicted octanol–water partition coefficient (Wildman–Crippen LogP) is 4.44. The van der Waals surface area contributed by atoms with Gasteiger partial charge in [0.25, 0.3) is 0 Å². The molecule has 0 radical (unpaired) electrons. The minimum absolute atomic E-state index is 0.0169. The summed E-state index contributed by atoms with van der Waals surface area (Å²) in [5, 5.41) is 8.17. The van der Waals surface area contributed by atoms with Crippen LogP contribution in [0.25, 0.3) is 10.8 Å². The van der Waals surface area contributed by atoms with E-state index in [1.54, 1.807) is 7.11 Å². The third-order valence-corrected chi connectivity index (χ3v) is 5.85. The number of hydrogen-bond acceptors (Lipinski definition) is 5. The summed E-state index contributed by atoms with van der Waals surface area (Å²) in [4.78, 5) is 15.2. The van der Waals surface area contributed by atoms with E-state index in [9.17, 15) is 4.79 Å². The van der Waals surface area contributed by atoms with E-state index < -0.39 is 0 Å². The average molecular weight is 450 g/mol. The van der Waals surface area contributed by atoms with Crippen LogP contribution in [0, 0.1) is 0 Å². The average Bonchev–Trinajstić information content (AvgIpc) is 2.86. The predicted molar refractivity (Wildman–Crippen MR) is 130 cm³/mol. The quantitative estimate of drug-likeness (QED) is 0.532. The number of rotatable bonds is 8. The van der Waals surface area contributed by atoms with E-state index in [2.05, 4.69) is 15.5 Å². The van der Waals surface area contributed by atoms with Crippen LogP contribution in [-0.2, 0) is 4.74 Å². The standard InChI is InChI=1S/C26H31N3O4/c1-3-33-24-12-11-20(17-25(24)31-2)23(29-13-15-32-16-14-29)18-27-26(30)28-22-10-6-8-19-7-4-5-9-21(19)22/h4-12,17,23H,3,13-16,18H2,1-2H3,(H2,27,28,30). The zero-order chi connectivity index (χ0) is 23.0. The summed E-state index contributed by atoms with van der Waals surface area (Å²) in [6, 6.07) is 19.6. The van der Waals surface area contributed by atoms with Crippen molar-refractivity contribution in [3.63, 3.8) is 0 Å². The van der Waals surface area contributed by atoms with Crippen molar-refractivity contribution in [1.82, 2.24) is 10.2 Å². The summed E-state index contributed by atoms with van der Waals surface area (Å²) >= 11 is 0. The molecule has 0 bridgehead atoms. The summed E-state index contributed by atoms with van der Waals surface area (Å²) in [6.45, 7) is 5.91. The first-order valence-corrected chi connectivity index (χ1v) is 11.3. The molecule has 7 nitrogen and oxygen atoms in total. The third kappa shape index (κ3) is 5.56. The maximum atomic E-state index is 12.8. The van der Waals surface area contributed by atoms with Gasteiger partial charge in [-0.3, -0.25) is 4.90 Å². The highest BCUT2D eigenvalue weighted by atomic mass is 16.5. The van der Waals surface area contributed by atoms with Gasteiger partial charge in [-0.25, -0.2) is 4.79 Å². The fourth-order valence-electron chi connectivity index (χ4n) is 4.20. The molecule has 1 atom stereocenters. The van der Waals surface area contributed by atoms with Crippen LogP contribution in [0.5, 0.6) is 11.5 Å². The Bertz CT molecular complexity index is 1080. The summed E-state index contributed by atoms with van der Waals surface area (Å²) in [7, 11) is 1.64. The number of carbonyl (C=O) groups is 1. The number of fused-ring (bicyclic) bond motifs is 1. The van der Waals surface area contributed by atoms with E-state index in [0.29, 0.717) is 37.9 Å². The maximum absolute atomic E-state index is 12.8. The van der Waals surface area contributed by atoms with Crippen LogP contribution in [0.15, 0.2) is 60.7 Å². The number of nitrogens with zero attached hydrogens (tertiary/aromatic N) is 1. The molecule has 33 heavy (non-hydrogen) atoms. The zero-order valence-electron chi connectivity index (χ0n) is 19.2. The molecular formula is C26H31N3O4. The number of carbonyl (C=O) groups excluding carboxylic acids is 1. The number of anilines is 1. The molecule has 1 fully saturated rings. The van der Waals surface area contributed by atoms with Gasteiger partial charge < -0.3 is 24.8 Å². The molecule has 1 heterocycles. The van der Waals surface area contributed by atoms with Crippen LogP contribution < -0.4 is 20.1 Å². The van der Waals surface area contributed by atoms with E-state index in [1.807, 2.05) is 67.6 Å². The zero-order valence-corrected chi connectivity index (χ0v) is 19.2. The first-order valence-electron chi connectivity index (χ1n) is 11.3. The van der Waals surface area contributed by atoms with Crippen molar-refractivity contribution in [3.05, 3.63) is 66.2 Å². The molecule has 7 heteroatoms. The Balaban J connectivity index is 1.50. The highest BCUT2D eigenvalue weighted by Crippen LogP contribution is 2.32. The normalized spacial score (nSPS) is 15.1. The molecule has 0 saturated carbocycles.